The molecule has 1 saturated heterocycles. The number of benzene rings is 2. The minimum absolute atomic E-state index is 0.334. The molecule has 2 aliphatic heterocycles. The van der Waals surface area contributed by atoms with Gasteiger partial charge in [0.1, 0.15) is 24.2 Å². The van der Waals surface area contributed by atoms with Crippen LogP contribution >= 0.6 is 0 Å². The van der Waals surface area contributed by atoms with Crippen molar-refractivity contribution in [3.05, 3.63) is 59.2 Å². The Morgan fingerprint density at radius 3 is 2.57 bits per heavy atom. The van der Waals surface area contributed by atoms with Crippen molar-refractivity contribution in [3.63, 3.8) is 0 Å². The number of aliphatic hydroxyl groups excluding tert-OH is 1. The van der Waals surface area contributed by atoms with Crippen LogP contribution < -0.4 is 9.47 Å². The third-order valence-electron chi connectivity index (χ3n) is 5.56. The van der Waals surface area contributed by atoms with Gasteiger partial charge in [-0.05, 0) is 36.2 Å². The van der Waals surface area contributed by atoms with E-state index in [2.05, 4.69) is 34.9 Å². The molecule has 2 heterocycles. The summed E-state index contributed by atoms with van der Waals surface area (Å²) in [5.74, 6) is 1.87. The number of aryl methyl sites for hydroxylation is 1. The Bertz CT molecular complexity index is 770. The van der Waals surface area contributed by atoms with Crippen LogP contribution in [0.3, 0.4) is 0 Å². The predicted molar refractivity (Wildman–Crippen MR) is 110 cm³/mol. The third-order valence-corrected chi connectivity index (χ3v) is 5.56. The molecule has 1 unspecified atom stereocenters. The molecule has 0 aliphatic carbocycles. The molecule has 2 aromatic carbocycles. The van der Waals surface area contributed by atoms with Crippen LogP contribution in [-0.4, -0.2) is 66.9 Å². The minimum Gasteiger partial charge on any atom is -0.493 e. The maximum Gasteiger partial charge on any atom is 0.122 e. The Morgan fingerprint density at radius 2 is 1.79 bits per heavy atom. The zero-order valence-electron chi connectivity index (χ0n) is 16.6. The van der Waals surface area contributed by atoms with Crippen LogP contribution in [0.15, 0.2) is 42.5 Å². The van der Waals surface area contributed by atoms with Gasteiger partial charge in [-0.3, -0.25) is 9.80 Å². The second kappa shape index (κ2) is 8.95. The number of β-amino-alcohol motifs (C(OH)–C–C–N with tert-alkyl or cyclic N) is 1. The number of ether oxygens (including phenoxy) is 2. The van der Waals surface area contributed by atoms with Gasteiger partial charge in [0.2, 0.25) is 0 Å². The van der Waals surface area contributed by atoms with E-state index >= 15 is 0 Å². The first-order chi connectivity index (χ1) is 13.7. The van der Waals surface area contributed by atoms with Crippen molar-refractivity contribution in [2.75, 3.05) is 45.9 Å². The van der Waals surface area contributed by atoms with E-state index in [9.17, 15) is 5.11 Å². The molecule has 0 saturated carbocycles. The summed E-state index contributed by atoms with van der Waals surface area (Å²) in [6.45, 7) is 8.87. The average molecular weight is 383 g/mol. The van der Waals surface area contributed by atoms with Crippen LogP contribution in [0.2, 0.25) is 0 Å². The zero-order chi connectivity index (χ0) is 19.3. The molecule has 150 valence electrons. The van der Waals surface area contributed by atoms with Crippen molar-refractivity contribution in [2.24, 2.45) is 0 Å². The van der Waals surface area contributed by atoms with E-state index in [4.69, 9.17) is 9.47 Å². The van der Waals surface area contributed by atoms with Crippen LogP contribution in [0.25, 0.3) is 0 Å². The molecule has 28 heavy (non-hydrogen) atoms. The van der Waals surface area contributed by atoms with Crippen LogP contribution in [0.5, 0.6) is 11.5 Å². The highest BCUT2D eigenvalue weighted by Crippen LogP contribution is 2.26. The molecule has 5 heteroatoms. The normalized spacial score (nSPS) is 18.5. The molecule has 2 aliphatic rings. The predicted octanol–water partition coefficient (Wildman–Crippen LogP) is 2.49. The summed E-state index contributed by atoms with van der Waals surface area (Å²) in [4.78, 5) is 4.82. The summed E-state index contributed by atoms with van der Waals surface area (Å²) in [7, 11) is 0. The smallest absolute Gasteiger partial charge is 0.122 e. The monoisotopic (exact) mass is 382 g/mol. The number of piperazine rings is 1. The first-order valence-electron chi connectivity index (χ1n) is 10.2. The van der Waals surface area contributed by atoms with Gasteiger partial charge in [0, 0.05) is 45.7 Å². The average Bonchev–Trinajstić information content (AvgIpc) is 3.17. The van der Waals surface area contributed by atoms with Crippen molar-refractivity contribution >= 4 is 0 Å². The van der Waals surface area contributed by atoms with Gasteiger partial charge in [0.25, 0.3) is 0 Å². The molecule has 4 rings (SSSR count). The van der Waals surface area contributed by atoms with E-state index in [0.717, 1.165) is 57.3 Å². The number of nitrogens with zero attached hydrogens (tertiary/aromatic N) is 2. The van der Waals surface area contributed by atoms with E-state index in [-0.39, 0.29) is 0 Å². The highest BCUT2D eigenvalue weighted by atomic mass is 16.5. The van der Waals surface area contributed by atoms with E-state index in [1.807, 2.05) is 24.3 Å². The fourth-order valence-corrected chi connectivity index (χ4v) is 3.90. The molecular weight excluding hydrogens is 352 g/mol. The summed E-state index contributed by atoms with van der Waals surface area (Å²) in [5.41, 5.74) is 3.91. The molecule has 5 nitrogen and oxygen atoms in total. The Hall–Kier alpha value is -2.08. The number of hydrogen-bond acceptors (Lipinski definition) is 5. The van der Waals surface area contributed by atoms with Gasteiger partial charge in [0.05, 0.1) is 6.61 Å². The van der Waals surface area contributed by atoms with Gasteiger partial charge in [-0.2, -0.15) is 0 Å². The van der Waals surface area contributed by atoms with Gasteiger partial charge < -0.3 is 14.6 Å². The molecule has 0 aromatic heterocycles. The van der Waals surface area contributed by atoms with Crippen molar-refractivity contribution in [3.8, 4) is 11.5 Å². The SMILES string of the molecule is Cc1ccc(OCC(O)CN2CCN(Cc3ccc4c(c3)CCO4)CC2)cc1. The minimum atomic E-state index is -0.468. The molecule has 1 atom stereocenters. The van der Waals surface area contributed by atoms with Gasteiger partial charge in [-0.1, -0.05) is 29.8 Å². The van der Waals surface area contributed by atoms with Gasteiger partial charge in [-0.15, -0.1) is 0 Å². The lowest BCUT2D eigenvalue weighted by atomic mass is 10.1. The molecule has 0 amide bonds. The highest BCUT2D eigenvalue weighted by molar-refractivity contribution is 5.39. The molecular formula is C23H30N2O3. The van der Waals surface area contributed by atoms with Crippen molar-refractivity contribution in [1.82, 2.24) is 9.80 Å². The standard InChI is InChI=1S/C23H30N2O3/c1-18-2-5-22(6-3-18)28-17-21(26)16-25-11-9-24(10-12-25)15-19-4-7-23-20(14-19)8-13-27-23/h2-7,14,21,26H,8-13,15-17H2,1H3. The van der Waals surface area contributed by atoms with Crippen LogP contribution in [0.1, 0.15) is 16.7 Å². The maximum atomic E-state index is 10.3. The van der Waals surface area contributed by atoms with Gasteiger partial charge >= 0.3 is 0 Å². The molecule has 1 fully saturated rings. The van der Waals surface area contributed by atoms with Crippen molar-refractivity contribution < 1.29 is 14.6 Å². The van der Waals surface area contributed by atoms with E-state index in [0.29, 0.717) is 13.2 Å². The van der Waals surface area contributed by atoms with E-state index in [1.165, 1.54) is 16.7 Å². The summed E-state index contributed by atoms with van der Waals surface area (Å²) in [6.07, 6.45) is 0.559. The fourth-order valence-electron chi connectivity index (χ4n) is 3.90. The first kappa shape index (κ1) is 19.2. The van der Waals surface area contributed by atoms with Crippen LogP contribution in [0, 0.1) is 6.92 Å². The lowest BCUT2D eigenvalue weighted by molar-refractivity contribution is 0.0446. The third kappa shape index (κ3) is 5.04. The molecule has 0 radical (unpaired) electrons. The number of hydrogen-bond donors (Lipinski definition) is 1. The molecule has 1 N–H and O–H groups in total. The van der Waals surface area contributed by atoms with Crippen LogP contribution in [0.4, 0.5) is 0 Å². The van der Waals surface area contributed by atoms with E-state index in [1.54, 1.807) is 0 Å². The summed E-state index contributed by atoms with van der Waals surface area (Å²) < 4.78 is 11.3. The van der Waals surface area contributed by atoms with Crippen molar-refractivity contribution in [1.29, 1.82) is 0 Å². The molecule has 0 bridgehead atoms. The Balaban J connectivity index is 1.18. The highest BCUT2D eigenvalue weighted by Gasteiger charge is 2.20. The largest absolute Gasteiger partial charge is 0.493 e. The Labute approximate surface area is 167 Å². The Kier molecular flexibility index (Phi) is 6.15. The zero-order valence-corrected chi connectivity index (χ0v) is 16.6. The van der Waals surface area contributed by atoms with Crippen LogP contribution in [-0.2, 0) is 13.0 Å². The second-order valence-corrected chi connectivity index (χ2v) is 7.90. The fraction of sp³-hybridized carbons (Fsp3) is 0.478. The topological polar surface area (TPSA) is 45.2 Å². The number of fused-ring (bicyclic) bond motifs is 1. The maximum absolute atomic E-state index is 10.3. The van der Waals surface area contributed by atoms with Crippen molar-refractivity contribution in [2.45, 2.75) is 26.0 Å². The summed E-state index contributed by atoms with van der Waals surface area (Å²) in [6, 6.07) is 14.5. The lowest BCUT2D eigenvalue weighted by Crippen LogP contribution is -2.48. The Morgan fingerprint density at radius 1 is 1.04 bits per heavy atom. The molecule has 0 spiro atoms. The number of rotatable bonds is 7. The lowest BCUT2D eigenvalue weighted by Gasteiger charge is -2.35. The number of aliphatic hydroxyl groups is 1. The second-order valence-electron chi connectivity index (χ2n) is 7.90. The molecule has 2 aromatic rings. The van der Waals surface area contributed by atoms with Gasteiger partial charge in [-0.25, -0.2) is 0 Å². The summed E-state index contributed by atoms with van der Waals surface area (Å²) in [5, 5.41) is 10.3. The quantitative estimate of drug-likeness (QED) is 0.797. The van der Waals surface area contributed by atoms with Gasteiger partial charge in [0.15, 0.2) is 0 Å². The van der Waals surface area contributed by atoms with E-state index < -0.39 is 6.10 Å². The summed E-state index contributed by atoms with van der Waals surface area (Å²) >= 11 is 0. The first-order valence-corrected chi connectivity index (χ1v) is 10.2.